The van der Waals surface area contributed by atoms with E-state index in [1.165, 1.54) is 65.4 Å². The van der Waals surface area contributed by atoms with Crippen molar-refractivity contribution in [3.8, 4) is 0 Å². The second-order valence-electron chi connectivity index (χ2n) is 11.4. The monoisotopic (exact) mass is 650 g/mol. The summed E-state index contributed by atoms with van der Waals surface area (Å²) < 4.78 is 0. The maximum atomic E-state index is 2.31. The highest BCUT2D eigenvalue weighted by atomic mass is 32.1. The predicted octanol–water partition coefficient (Wildman–Crippen LogP) is 13.3. The largest absolute Gasteiger partial charge is 0.144 e. The highest BCUT2D eigenvalue weighted by Crippen LogP contribution is 2.32. The van der Waals surface area contributed by atoms with E-state index in [4.69, 9.17) is 0 Å². The minimum atomic E-state index is 1.17. The van der Waals surface area contributed by atoms with Crippen LogP contribution in [0.4, 0.5) is 0 Å². The third-order valence-electron chi connectivity index (χ3n) is 8.18. The van der Waals surface area contributed by atoms with Gasteiger partial charge in [0.15, 0.2) is 0 Å². The molecule has 0 unspecified atom stereocenters. The third-order valence-corrected chi connectivity index (χ3v) is 9.99. The Kier molecular flexibility index (Phi) is 9.95. The van der Waals surface area contributed by atoms with Crippen LogP contribution in [0.2, 0.25) is 0 Å². The number of hydrogen-bond acceptors (Lipinski definition) is 2. The quantitative estimate of drug-likeness (QED) is 0.129. The van der Waals surface area contributed by atoms with Gasteiger partial charge in [-0.1, -0.05) is 170 Å². The van der Waals surface area contributed by atoms with Crippen LogP contribution in [-0.4, -0.2) is 0 Å². The maximum absolute atomic E-state index is 2.31. The average molecular weight is 651 g/mol. The van der Waals surface area contributed by atoms with Crippen molar-refractivity contribution >= 4 is 70.3 Å². The maximum Gasteiger partial charge on any atom is 0.0348 e. The summed E-state index contributed by atoms with van der Waals surface area (Å²) >= 11 is 3.54. The molecule has 0 saturated carbocycles. The van der Waals surface area contributed by atoms with Gasteiger partial charge in [-0.15, -0.1) is 22.7 Å². The molecule has 0 saturated heterocycles. The Hall–Kier alpha value is -5.54. The summed E-state index contributed by atoms with van der Waals surface area (Å²) in [5.41, 5.74) is 12.0. The fourth-order valence-corrected chi connectivity index (χ4v) is 7.21. The van der Waals surface area contributed by atoms with E-state index in [9.17, 15) is 0 Å². The summed E-state index contributed by atoms with van der Waals surface area (Å²) in [5.74, 6) is 0. The summed E-state index contributed by atoms with van der Waals surface area (Å²) in [7, 11) is 0. The molecular formula is C46H34S2. The molecule has 0 nitrogen and oxygen atoms in total. The molecule has 0 fully saturated rings. The number of benzene rings is 5. The third kappa shape index (κ3) is 7.70. The van der Waals surface area contributed by atoms with Crippen molar-refractivity contribution in [2.24, 2.45) is 0 Å². The van der Waals surface area contributed by atoms with Gasteiger partial charge in [-0.3, -0.25) is 0 Å². The Morgan fingerprint density at radius 3 is 1.08 bits per heavy atom. The van der Waals surface area contributed by atoms with Crippen LogP contribution in [-0.2, 0) is 0 Å². The van der Waals surface area contributed by atoms with E-state index in [0.717, 1.165) is 0 Å². The molecule has 2 heteroatoms. The van der Waals surface area contributed by atoms with Crippen molar-refractivity contribution in [3.63, 3.8) is 0 Å². The molecule has 230 valence electrons. The van der Waals surface area contributed by atoms with Crippen LogP contribution < -0.4 is 0 Å². The Morgan fingerprint density at radius 1 is 0.333 bits per heavy atom. The number of thiophene rings is 2. The summed E-state index contributed by atoms with van der Waals surface area (Å²) in [6, 6.07) is 55.8. The fraction of sp³-hybridized carbons (Fsp3) is 0. The summed E-state index contributed by atoms with van der Waals surface area (Å²) in [4.78, 5) is 2.53. The molecule has 0 aliphatic carbocycles. The second-order valence-corrected chi connectivity index (χ2v) is 13.3. The molecular weight excluding hydrogens is 617 g/mol. The summed E-state index contributed by atoms with van der Waals surface area (Å²) in [6.07, 6.45) is 13.4. The van der Waals surface area contributed by atoms with Gasteiger partial charge in [-0.05, 0) is 90.7 Å². The normalized spacial score (nSPS) is 12.2. The zero-order chi connectivity index (χ0) is 32.4. The molecule has 0 N–H and O–H groups in total. The van der Waals surface area contributed by atoms with E-state index < -0.39 is 0 Å². The molecule has 0 spiro atoms. The molecule has 7 rings (SSSR count). The first-order chi connectivity index (χ1) is 23.8. The lowest BCUT2D eigenvalue weighted by molar-refractivity contribution is 1.58. The predicted molar refractivity (Wildman–Crippen MR) is 213 cm³/mol. The Morgan fingerprint density at radius 2 is 0.708 bits per heavy atom. The molecule has 0 amide bonds. The molecule has 2 heterocycles. The van der Waals surface area contributed by atoms with Gasteiger partial charge in [-0.25, -0.2) is 0 Å². The lowest BCUT2D eigenvalue weighted by Gasteiger charge is -2.08. The standard InChI is InChI=1S/C46H34S2/c1-3-15-39(16-4-1)43(45-21-11-31-47-45)33-41-19-9-7-13-37(41)29-27-35-23-25-36(26-24-35)28-30-38-14-8-10-20-42(38)34-44(46-22-12-32-48-46)40-17-5-2-6-18-40/h1-34H/b29-27?,30-28?,43-33+,44-34+. The summed E-state index contributed by atoms with van der Waals surface area (Å²) in [6.45, 7) is 0. The molecule has 0 aliphatic rings. The first-order valence-electron chi connectivity index (χ1n) is 16.1. The van der Waals surface area contributed by atoms with Crippen LogP contribution in [0.15, 0.2) is 168 Å². The van der Waals surface area contributed by atoms with E-state index in [0.29, 0.717) is 0 Å². The molecule has 0 radical (unpaired) electrons. The minimum absolute atomic E-state index is 1.17. The molecule has 0 aliphatic heterocycles. The van der Waals surface area contributed by atoms with Crippen LogP contribution in [0.1, 0.15) is 54.3 Å². The SMILES string of the molecule is C(=Cc1ccccc1/C=C(\c1ccccc1)c1cccs1)c1ccc(C=Cc2ccccc2/C=C(\c2ccccc2)c2cccs2)cc1. The van der Waals surface area contributed by atoms with Crippen LogP contribution in [0.25, 0.3) is 47.6 Å². The van der Waals surface area contributed by atoms with Crippen molar-refractivity contribution in [1.29, 1.82) is 0 Å². The Bertz CT molecular complexity index is 2020. The summed E-state index contributed by atoms with van der Waals surface area (Å²) in [5, 5.41) is 4.28. The molecule has 7 aromatic rings. The molecule has 48 heavy (non-hydrogen) atoms. The van der Waals surface area contributed by atoms with E-state index in [-0.39, 0.29) is 0 Å². The van der Waals surface area contributed by atoms with Gasteiger partial charge in [0.1, 0.15) is 0 Å². The van der Waals surface area contributed by atoms with Gasteiger partial charge in [0, 0.05) is 9.75 Å². The zero-order valence-electron chi connectivity index (χ0n) is 26.4. The zero-order valence-corrected chi connectivity index (χ0v) is 28.1. The van der Waals surface area contributed by atoms with E-state index in [1.807, 2.05) is 0 Å². The van der Waals surface area contributed by atoms with Gasteiger partial charge < -0.3 is 0 Å². The van der Waals surface area contributed by atoms with Gasteiger partial charge >= 0.3 is 0 Å². The van der Waals surface area contributed by atoms with E-state index >= 15 is 0 Å². The fourth-order valence-electron chi connectivity index (χ4n) is 5.68. The highest BCUT2D eigenvalue weighted by molar-refractivity contribution is 7.11. The number of hydrogen-bond donors (Lipinski definition) is 0. The van der Waals surface area contributed by atoms with Crippen molar-refractivity contribution in [2.75, 3.05) is 0 Å². The Labute approximate surface area is 291 Å². The van der Waals surface area contributed by atoms with E-state index in [1.54, 1.807) is 22.7 Å². The van der Waals surface area contributed by atoms with Gasteiger partial charge in [0.25, 0.3) is 0 Å². The first-order valence-corrected chi connectivity index (χ1v) is 17.8. The Balaban J connectivity index is 1.11. The molecule has 5 aromatic carbocycles. The van der Waals surface area contributed by atoms with Crippen LogP contribution in [0.5, 0.6) is 0 Å². The van der Waals surface area contributed by atoms with Crippen molar-refractivity contribution < 1.29 is 0 Å². The van der Waals surface area contributed by atoms with Crippen molar-refractivity contribution in [2.45, 2.75) is 0 Å². The first kappa shape index (κ1) is 31.1. The lowest BCUT2D eigenvalue weighted by Crippen LogP contribution is -1.87. The van der Waals surface area contributed by atoms with Gasteiger partial charge in [0.05, 0.1) is 0 Å². The van der Waals surface area contributed by atoms with Gasteiger partial charge in [-0.2, -0.15) is 0 Å². The van der Waals surface area contributed by atoms with E-state index in [2.05, 4.69) is 205 Å². The smallest absolute Gasteiger partial charge is 0.0348 e. The van der Waals surface area contributed by atoms with Crippen LogP contribution in [0.3, 0.4) is 0 Å². The minimum Gasteiger partial charge on any atom is -0.144 e. The average Bonchev–Trinajstić information content (AvgIpc) is 3.89. The lowest BCUT2D eigenvalue weighted by atomic mass is 9.98. The molecule has 0 bridgehead atoms. The van der Waals surface area contributed by atoms with Crippen LogP contribution >= 0.6 is 22.7 Å². The molecule has 2 aromatic heterocycles. The molecule has 0 atom stereocenters. The topological polar surface area (TPSA) is 0 Å². The van der Waals surface area contributed by atoms with Crippen molar-refractivity contribution in [1.82, 2.24) is 0 Å². The second kappa shape index (κ2) is 15.4. The number of rotatable bonds is 10. The van der Waals surface area contributed by atoms with Crippen LogP contribution in [0, 0.1) is 0 Å². The van der Waals surface area contributed by atoms with Crippen molar-refractivity contribution in [3.05, 3.63) is 223 Å². The van der Waals surface area contributed by atoms with Gasteiger partial charge in [0.2, 0.25) is 0 Å². The highest BCUT2D eigenvalue weighted by Gasteiger charge is 2.09.